The van der Waals surface area contributed by atoms with Crippen molar-refractivity contribution in [3.8, 4) is 0 Å². The molecule has 0 saturated heterocycles. The van der Waals surface area contributed by atoms with Crippen LogP contribution < -0.4 is 80.2 Å². The van der Waals surface area contributed by atoms with Gasteiger partial charge in [-0.3, -0.25) is 4.55 Å². The summed E-state index contributed by atoms with van der Waals surface area (Å²) in [7, 11) is -4.32. The standard InChI is InChI=1S/C10H12N2O7S.2Na/c13-9(14)5-8(10(15)16)12-11-6-1-3-7(4-2-6)20(17,18)19;;/h1-4,8,11-12H,5H2,(H,13,14)(H,15,16)(H,17,18,19);;/q;2*+1/p-2. The molecule has 9 nitrogen and oxygen atoms in total. The molecule has 0 aromatic heterocycles. The number of nitrogens with one attached hydrogen (secondary N) is 2. The van der Waals surface area contributed by atoms with Crippen molar-refractivity contribution in [1.82, 2.24) is 5.43 Å². The van der Waals surface area contributed by atoms with E-state index in [0.29, 0.717) is 0 Å². The van der Waals surface area contributed by atoms with Gasteiger partial charge in [-0.05, 0) is 24.3 Å². The Hall–Kier alpha value is -0.170. The van der Waals surface area contributed by atoms with Crippen LogP contribution in [0.4, 0.5) is 5.69 Å². The first-order valence-electron chi connectivity index (χ1n) is 5.20. The van der Waals surface area contributed by atoms with Gasteiger partial charge in [0.25, 0.3) is 10.1 Å². The van der Waals surface area contributed by atoms with Crippen molar-refractivity contribution in [2.45, 2.75) is 17.4 Å². The van der Waals surface area contributed by atoms with E-state index in [0.717, 1.165) is 12.1 Å². The largest absolute Gasteiger partial charge is 1.00 e. The fourth-order valence-electron chi connectivity index (χ4n) is 1.24. The first-order chi connectivity index (χ1) is 9.20. The number of carbonyl (C=O) groups is 2. The third kappa shape index (κ3) is 8.46. The summed E-state index contributed by atoms with van der Waals surface area (Å²) in [5.41, 5.74) is 4.80. The van der Waals surface area contributed by atoms with E-state index in [9.17, 15) is 28.2 Å². The van der Waals surface area contributed by atoms with E-state index in [-0.39, 0.29) is 69.7 Å². The summed E-state index contributed by atoms with van der Waals surface area (Å²) < 4.78 is 30.3. The topological polar surface area (TPSA) is 159 Å². The molecule has 0 aliphatic carbocycles. The zero-order chi connectivity index (χ0) is 15.3. The number of carboxylic acids is 2. The molecule has 0 fully saturated rings. The first kappa shape index (κ1) is 24.1. The number of benzene rings is 1. The van der Waals surface area contributed by atoms with E-state index in [2.05, 4.69) is 10.9 Å². The average molecular weight is 348 g/mol. The van der Waals surface area contributed by atoms with Crippen molar-refractivity contribution in [1.29, 1.82) is 0 Å². The molecule has 0 radical (unpaired) electrons. The van der Waals surface area contributed by atoms with Crippen LogP contribution in [0.25, 0.3) is 0 Å². The summed E-state index contributed by atoms with van der Waals surface area (Å²) >= 11 is 0. The second-order valence-electron chi connectivity index (χ2n) is 3.72. The van der Waals surface area contributed by atoms with Crippen molar-refractivity contribution in [3.05, 3.63) is 24.3 Å². The third-order valence-corrected chi connectivity index (χ3v) is 3.07. The van der Waals surface area contributed by atoms with Gasteiger partial charge >= 0.3 is 59.1 Å². The Morgan fingerprint density at radius 3 is 2.00 bits per heavy atom. The number of carbonyl (C=O) groups excluding carboxylic acids is 2. The molecule has 0 saturated carbocycles. The van der Waals surface area contributed by atoms with Crippen LogP contribution in [0, 0.1) is 0 Å². The summed E-state index contributed by atoms with van der Waals surface area (Å²) in [6, 6.07) is 3.10. The van der Waals surface area contributed by atoms with Crippen LogP contribution in [0.1, 0.15) is 6.42 Å². The molecular weight excluding hydrogens is 338 g/mol. The Morgan fingerprint density at radius 1 is 1.14 bits per heavy atom. The first-order valence-corrected chi connectivity index (χ1v) is 6.64. The Bertz CT molecular complexity index is 606. The monoisotopic (exact) mass is 348 g/mol. The molecule has 3 N–H and O–H groups in total. The maximum absolute atomic E-state index is 10.8. The average Bonchev–Trinajstić information content (AvgIpc) is 2.33. The van der Waals surface area contributed by atoms with Crippen LogP contribution in [0.5, 0.6) is 0 Å². The van der Waals surface area contributed by atoms with Gasteiger partial charge < -0.3 is 25.2 Å². The van der Waals surface area contributed by atoms with Crippen molar-refractivity contribution in [2.24, 2.45) is 0 Å². The third-order valence-electron chi connectivity index (χ3n) is 2.20. The molecule has 1 aromatic carbocycles. The number of hydrogen-bond donors (Lipinski definition) is 3. The second-order valence-corrected chi connectivity index (χ2v) is 5.14. The van der Waals surface area contributed by atoms with Crippen molar-refractivity contribution >= 4 is 27.7 Å². The summed E-state index contributed by atoms with van der Waals surface area (Å²) in [4.78, 5) is 20.6. The minimum atomic E-state index is -4.32. The van der Waals surface area contributed by atoms with Gasteiger partial charge in [0.2, 0.25) is 0 Å². The molecule has 0 aliphatic rings. The number of carboxylic acid groups (broad SMARTS) is 2. The normalized spacial score (nSPS) is 11.5. The molecule has 0 bridgehead atoms. The minimum Gasteiger partial charge on any atom is -0.550 e. The van der Waals surface area contributed by atoms with Crippen molar-refractivity contribution in [2.75, 3.05) is 5.43 Å². The molecule has 0 spiro atoms. The van der Waals surface area contributed by atoms with E-state index in [1.165, 1.54) is 12.1 Å². The number of hydrazine groups is 1. The molecule has 0 aliphatic heterocycles. The van der Waals surface area contributed by atoms with Crippen LogP contribution in [-0.2, 0) is 19.7 Å². The van der Waals surface area contributed by atoms with E-state index >= 15 is 0 Å². The van der Waals surface area contributed by atoms with Gasteiger partial charge in [0.15, 0.2) is 0 Å². The summed E-state index contributed by atoms with van der Waals surface area (Å²) in [6.45, 7) is 0. The molecule has 1 atom stereocenters. The predicted molar refractivity (Wildman–Crippen MR) is 61.4 cm³/mol. The number of rotatable bonds is 7. The van der Waals surface area contributed by atoms with Gasteiger partial charge in [-0.25, -0.2) is 5.43 Å². The molecule has 1 aromatic rings. The van der Waals surface area contributed by atoms with Crippen LogP contribution in [-0.4, -0.2) is 31.0 Å². The number of hydrogen-bond acceptors (Lipinski definition) is 8. The predicted octanol–water partition coefficient (Wildman–Crippen LogP) is -8.88. The zero-order valence-corrected chi connectivity index (χ0v) is 16.7. The van der Waals surface area contributed by atoms with Crippen LogP contribution in [0.2, 0.25) is 0 Å². The Balaban J connectivity index is 0. The van der Waals surface area contributed by atoms with Gasteiger partial charge in [0, 0.05) is 18.1 Å². The molecule has 12 heteroatoms. The van der Waals surface area contributed by atoms with Gasteiger partial charge in [0.1, 0.15) is 0 Å². The SMILES string of the molecule is O=C([O-])CC(NNc1ccc(S(=O)(=O)O)cc1)C(=O)[O-].[Na+].[Na+]. The molecule has 1 unspecified atom stereocenters. The fraction of sp³-hybridized carbons (Fsp3) is 0.200. The maximum atomic E-state index is 10.8. The van der Waals surface area contributed by atoms with Crippen molar-refractivity contribution < 1.29 is 91.9 Å². The van der Waals surface area contributed by atoms with E-state index < -0.39 is 34.5 Å². The quantitative estimate of drug-likeness (QED) is 0.247. The molecule has 22 heavy (non-hydrogen) atoms. The van der Waals surface area contributed by atoms with Gasteiger partial charge in [-0.2, -0.15) is 8.42 Å². The fourth-order valence-corrected chi connectivity index (χ4v) is 1.72. The van der Waals surface area contributed by atoms with E-state index in [1.807, 2.05) is 0 Å². The van der Waals surface area contributed by atoms with Crippen molar-refractivity contribution in [3.63, 3.8) is 0 Å². The Kier molecular flexibility index (Phi) is 11.6. The minimum absolute atomic E-state index is 0. The molecule has 1 rings (SSSR count). The Labute approximate surface area is 170 Å². The second kappa shape index (κ2) is 10.6. The zero-order valence-electron chi connectivity index (χ0n) is 11.9. The summed E-state index contributed by atoms with van der Waals surface area (Å²) in [6.07, 6.45) is -0.807. The molecule has 0 heterocycles. The molecular formula is C10H10N2Na2O7S. The summed E-state index contributed by atoms with van der Waals surface area (Å²) in [5.74, 6) is -3.22. The van der Waals surface area contributed by atoms with Gasteiger partial charge in [-0.1, -0.05) is 0 Å². The number of aliphatic carboxylic acids is 2. The summed E-state index contributed by atoms with van der Waals surface area (Å²) in [5, 5.41) is 20.9. The Morgan fingerprint density at radius 2 is 1.64 bits per heavy atom. The molecule has 110 valence electrons. The van der Waals surface area contributed by atoms with E-state index in [4.69, 9.17) is 4.55 Å². The maximum Gasteiger partial charge on any atom is 1.00 e. The van der Waals surface area contributed by atoms with Crippen LogP contribution >= 0.6 is 0 Å². The molecule has 0 amide bonds. The van der Waals surface area contributed by atoms with Gasteiger partial charge in [0.05, 0.1) is 16.9 Å². The van der Waals surface area contributed by atoms with Crippen LogP contribution in [0.3, 0.4) is 0 Å². The van der Waals surface area contributed by atoms with E-state index in [1.54, 1.807) is 0 Å². The van der Waals surface area contributed by atoms with Gasteiger partial charge in [-0.15, -0.1) is 0 Å². The smallest absolute Gasteiger partial charge is 0.550 e. The number of anilines is 1. The van der Waals surface area contributed by atoms with Crippen LogP contribution in [0.15, 0.2) is 29.2 Å².